The monoisotopic (exact) mass is 392 g/mol. The number of hydrogen-bond acceptors (Lipinski definition) is 3. The van der Waals surface area contributed by atoms with Gasteiger partial charge in [0.15, 0.2) is 6.10 Å². The van der Waals surface area contributed by atoms with E-state index in [2.05, 4.69) is 44.1 Å². The van der Waals surface area contributed by atoms with Gasteiger partial charge in [-0.3, -0.25) is 4.79 Å². The molecule has 3 N–H and O–H groups in total. The number of halogens is 2. The second-order valence-electron chi connectivity index (χ2n) is 4.23. The van der Waals surface area contributed by atoms with Crippen LogP contribution in [0.25, 0.3) is 0 Å². The maximum Gasteiger partial charge on any atom is 0.258 e. The molecule has 1 aromatic carbocycles. The molecule has 0 radical (unpaired) electrons. The molecular weight excluding hydrogens is 376 g/mol. The van der Waals surface area contributed by atoms with Crippen molar-refractivity contribution in [3.8, 4) is 5.75 Å². The Balaban J connectivity index is 2.82. The minimum Gasteiger partial charge on any atom is -0.479 e. The smallest absolute Gasteiger partial charge is 0.258 e. The van der Waals surface area contributed by atoms with Crippen LogP contribution in [-0.2, 0) is 11.3 Å². The van der Waals surface area contributed by atoms with E-state index in [0.717, 1.165) is 34.0 Å². The maximum atomic E-state index is 11.0. The van der Waals surface area contributed by atoms with Crippen molar-refractivity contribution in [1.29, 1.82) is 0 Å². The Morgan fingerprint density at radius 3 is 2.47 bits per heavy atom. The SMILES string of the molecule is CCCNCc1cc(Br)c(OC(C)C(N)=O)c(Br)c1. The minimum atomic E-state index is -0.670. The molecule has 1 atom stereocenters. The lowest BCUT2D eigenvalue weighted by molar-refractivity contribution is -0.124. The van der Waals surface area contributed by atoms with Crippen molar-refractivity contribution in [1.82, 2.24) is 5.32 Å². The van der Waals surface area contributed by atoms with E-state index in [1.807, 2.05) is 12.1 Å². The lowest BCUT2D eigenvalue weighted by Crippen LogP contribution is -2.30. The molecule has 0 bridgehead atoms. The minimum absolute atomic E-state index is 0.493. The lowest BCUT2D eigenvalue weighted by atomic mass is 10.2. The summed E-state index contributed by atoms with van der Waals surface area (Å²) in [6, 6.07) is 3.94. The lowest BCUT2D eigenvalue weighted by Gasteiger charge is -2.15. The molecule has 106 valence electrons. The van der Waals surface area contributed by atoms with Crippen molar-refractivity contribution < 1.29 is 9.53 Å². The van der Waals surface area contributed by atoms with Crippen molar-refractivity contribution in [3.63, 3.8) is 0 Å². The van der Waals surface area contributed by atoms with Gasteiger partial charge in [-0.1, -0.05) is 6.92 Å². The van der Waals surface area contributed by atoms with E-state index in [0.29, 0.717) is 5.75 Å². The normalized spacial score (nSPS) is 12.2. The zero-order chi connectivity index (χ0) is 14.4. The van der Waals surface area contributed by atoms with Crippen LogP contribution in [0.1, 0.15) is 25.8 Å². The summed E-state index contributed by atoms with van der Waals surface area (Å²) in [4.78, 5) is 11.0. The van der Waals surface area contributed by atoms with Crippen LogP contribution in [0.5, 0.6) is 5.75 Å². The van der Waals surface area contributed by atoms with Gasteiger partial charge < -0.3 is 15.8 Å². The van der Waals surface area contributed by atoms with Crippen LogP contribution in [0.4, 0.5) is 0 Å². The Morgan fingerprint density at radius 1 is 1.42 bits per heavy atom. The first-order valence-corrected chi connectivity index (χ1v) is 7.69. The molecular formula is C13H18Br2N2O2. The molecule has 1 amide bonds. The Hall–Kier alpha value is -0.590. The van der Waals surface area contributed by atoms with E-state index in [4.69, 9.17) is 10.5 Å². The number of nitrogens with one attached hydrogen (secondary N) is 1. The van der Waals surface area contributed by atoms with Crippen LogP contribution in [0.2, 0.25) is 0 Å². The third-order valence-electron chi connectivity index (χ3n) is 2.51. The van der Waals surface area contributed by atoms with E-state index < -0.39 is 12.0 Å². The fourth-order valence-electron chi connectivity index (χ4n) is 1.47. The van der Waals surface area contributed by atoms with Gasteiger partial charge in [-0.05, 0) is 69.4 Å². The van der Waals surface area contributed by atoms with E-state index >= 15 is 0 Å². The number of rotatable bonds is 7. The van der Waals surface area contributed by atoms with Crippen LogP contribution in [0.15, 0.2) is 21.1 Å². The van der Waals surface area contributed by atoms with Crippen LogP contribution in [0.3, 0.4) is 0 Å². The molecule has 1 aromatic rings. The highest BCUT2D eigenvalue weighted by Gasteiger charge is 2.15. The summed E-state index contributed by atoms with van der Waals surface area (Å²) in [7, 11) is 0. The summed E-state index contributed by atoms with van der Waals surface area (Å²) < 4.78 is 7.12. The topological polar surface area (TPSA) is 64.3 Å². The number of ether oxygens (including phenoxy) is 1. The number of nitrogens with two attached hydrogens (primary N) is 1. The van der Waals surface area contributed by atoms with E-state index in [1.54, 1.807) is 6.92 Å². The highest BCUT2D eigenvalue weighted by atomic mass is 79.9. The fraction of sp³-hybridized carbons (Fsp3) is 0.462. The Labute approximate surface area is 130 Å². The van der Waals surface area contributed by atoms with Crippen molar-refractivity contribution in [2.75, 3.05) is 6.54 Å². The summed E-state index contributed by atoms with van der Waals surface area (Å²) in [6.07, 6.45) is 0.427. The predicted octanol–water partition coefficient (Wildman–Crippen LogP) is 2.96. The molecule has 4 nitrogen and oxygen atoms in total. The second kappa shape index (κ2) is 7.87. The van der Waals surface area contributed by atoms with Crippen LogP contribution in [-0.4, -0.2) is 18.6 Å². The maximum absolute atomic E-state index is 11.0. The average Bonchev–Trinajstić information content (AvgIpc) is 2.33. The fourth-order valence-corrected chi connectivity index (χ4v) is 2.94. The summed E-state index contributed by atoms with van der Waals surface area (Å²) in [5.41, 5.74) is 6.32. The zero-order valence-electron chi connectivity index (χ0n) is 11.0. The van der Waals surface area contributed by atoms with Gasteiger partial charge in [0, 0.05) is 6.54 Å². The molecule has 1 unspecified atom stereocenters. The first-order valence-electron chi connectivity index (χ1n) is 6.10. The number of primary amides is 1. The number of carbonyl (C=O) groups is 1. The molecule has 0 aliphatic heterocycles. The summed E-state index contributed by atoms with van der Waals surface area (Å²) in [5, 5.41) is 3.33. The molecule has 19 heavy (non-hydrogen) atoms. The quantitative estimate of drug-likeness (QED) is 0.700. The number of carbonyl (C=O) groups excluding carboxylic acids is 1. The highest BCUT2D eigenvalue weighted by molar-refractivity contribution is 9.11. The van der Waals surface area contributed by atoms with Gasteiger partial charge >= 0.3 is 0 Å². The molecule has 0 aliphatic rings. The van der Waals surface area contributed by atoms with E-state index in [1.165, 1.54) is 0 Å². The van der Waals surface area contributed by atoms with Gasteiger partial charge in [0.05, 0.1) is 8.95 Å². The van der Waals surface area contributed by atoms with Gasteiger partial charge in [0.2, 0.25) is 0 Å². The Morgan fingerprint density at radius 2 is 2.00 bits per heavy atom. The molecule has 0 heterocycles. The molecule has 0 saturated carbocycles. The largest absolute Gasteiger partial charge is 0.479 e. The number of hydrogen-bond donors (Lipinski definition) is 2. The van der Waals surface area contributed by atoms with Gasteiger partial charge in [-0.25, -0.2) is 0 Å². The highest BCUT2D eigenvalue weighted by Crippen LogP contribution is 2.35. The Kier molecular flexibility index (Phi) is 6.82. The standard InChI is InChI=1S/C13H18Br2N2O2/c1-3-4-17-7-9-5-10(14)12(11(15)6-9)19-8(2)13(16)18/h5-6,8,17H,3-4,7H2,1-2H3,(H2,16,18). The summed E-state index contributed by atoms with van der Waals surface area (Å²) >= 11 is 6.90. The molecule has 0 saturated heterocycles. The third kappa shape index (κ3) is 5.12. The average molecular weight is 394 g/mol. The summed E-state index contributed by atoms with van der Waals surface area (Å²) in [6.45, 7) is 5.52. The van der Waals surface area contributed by atoms with Crippen LogP contribution >= 0.6 is 31.9 Å². The Bertz CT molecular complexity index is 429. The molecule has 0 aromatic heterocycles. The van der Waals surface area contributed by atoms with Crippen molar-refractivity contribution >= 4 is 37.8 Å². The van der Waals surface area contributed by atoms with E-state index in [9.17, 15) is 4.79 Å². The zero-order valence-corrected chi connectivity index (χ0v) is 14.2. The molecule has 0 spiro atoms. The van der Waals surface area contributed by atoms with Gasteiger partial charge in [-0.15, -0.1) is 0 Å². The molecule has 0 fully saturated rings. The predicted molar refractivity (Wildman–Crippen MR) is 83.1 cm³/mol. The molecule has 1 rings (SSSR count). The van der Waals surface area contributed by atoms with Crippen LogP contribution in [0, 0.1) is 0 Å². The third-order valence-corrected chi connectivity index (χ3v) is 3.69. The van der Waals surface area contributed by atoms with Crippen molar-refractivity contribution in [2.24, 2.45) is 5.73 Å². The second-order valence-corrected chi connectivity index (χ2v) is 5.94. The van der Waals surface area contributed by atoms with Crippen LogP contribution < -0.4 is 15.8 Å². The first kappa shape index (κ1) is 16.5. The number of benzene rings is 1. The first-order chi connectivity index (χ1) is 8.95. The number of amides is 1. The molecule has 0 aliphatic carbocycles. The van der Waals surface area contributed by atoms with Crippen molar-refractivity contribution in [2.45, 2.75) is 32.9 Å². The van der Waals surface area contributed by atoms with E-state index in [-0.39, 0.29) is 0 Å². The summed E-state index contributed by atoms with van der Waals surface area (Å²) in [5.74, 6) is 0.0954. The van der Waals surface area contributed by atoms with Gasteiger partial charge in [0.1, 0.15) is 5.75 Å². The van der Waals surface area contributed by atoms with Gasteiger partial charge in [-0.2, -0.15) is 0 Å². The van der Waals surface area contributed by atoms with Crippen molar-refractivity contribution in [3.05, 3.63) is 26.6 Å². The molecule has 6 heteroatoms. The van der Waals surface area contributed by atoms with Gasteiger partial charge in [0.25, 0.3) is 5.91 Å².